The zero-order valence-corrected chi connectivity index (χ0v) is 29.2. The molecule has 274 valence electrons. The number of carbonyl (C=O) groups excluding carboxylic acids is 7. The molecule has 0 unspecified atom stereocenters. The number of aromatic nitrogens is 1. The topological polar surface area (TPSA) is 272 Å². The number of imide groups is 1. The Hall–Kier alpha value is -5.48. The summed E-state index contributed by atoms with van der Waals surface area (Å²) in [5, 5.41) is 15.9. The molecule has 0 aliphatic heterocycles. The molecular weight excluding hydrogens is 648 g/mol. The predicted octanol–water partition coefficient (Wildman–Crippen LogP) is -1.04. The first kappa shape index (κ1) is 40.7. The second-order valence-electron chi connectivity index (χ2n) is 12.3. The van der Waals surface area contributed by atoms with Crippen molar-refractivity contribution in [1.82, 2.24) is 36.9 Å². The molecule has 50 heavy (non-hydrogen) atoms. The van der Waals surface area contributed by atoms with Gasteiger partial charge >= 0.3 is 0 Å². The number of para-hydroxylation sites is 1. The lowest BCUT2D eigenvalue weighted by atomic mass is 10.0. The molecule has 0 fully saturated rings. The van der Waals surface area contributed by atoms with Crippen LogP contribution in [0.5, 0.6) is 0 Å². The highest BCUT2D eigenvalue weighted by Gasteiger charge is 2.31. The van der Waals surface area contributed by atoms with Crippen LogP contribution in [-0.2, 0) is 40.0 Å². The molecule has 17 heteroatoms. The van der Waals surface area contributed by atoms with Gasteiger partial charge in [0, 0.05) is 43.4 Å². The number of benzene rings is 1. The molecule has 0 radical (unpaired) electrons. The van der Waals surface area contributed by atoms with Gasteiger partial charge in [-0.05, 0) is 43.7 Å². The van der Waals surface area contributed by atoms with Crippen LogP contribution in [0, 0.1) is 5.92 Å². The van der Waals surface area contributed by atoms with Gasteiger partial charge in [0.1, 0.15) is 24.2 Å². The molecule has 0 saturated heterocycles. The Labute approximate surface area is 290 Å². The van der Waals surface area contributed by atoms with E-state index in [-0.39, 0.29) is 50.5 Å². The maximum Gasteiger partial charge on any atom is 0.249 e. The summed E-state index contributed by atoms with van der Waals surface area (Å²) in [6.45, 7) is 7.67. The molecular formula is C33H50N10O7. The number of aliphatic imine (C=N–C) groups is 1. The molecule has 2 rings (SSSR count). The third kappa shape index (κ3) is 13.9. The largest absolute Gasteiger partial charge is 0.370 e. The van der Waals surface area contributed by atoms with E-state index in [0.29, 0.717) is 0 Å². The van der Waals surface area contributed by atoms with E-state index in [1.54, 1.807) is 13.1 Å². The number of fused-ring (bicyclic) bond motifs is 1. The Morgan fingerprint density at radius 3 is 2.12 bits per heavy atom. The highest BCUT2D eigenvalue weighted by atomic mass is 16.2. The molecule has 1 heterocycles. The number of carbonyl (C=O) groups is 7. The van der Waals surface area contributed by atoms with Crippen molar-refractivity contribution in [3.8, 4) is 0 Å². The number of nitrogens with zero attached hydrogens (tertiary/aromatic N) is 1. The number of aromatic amines is 1. The lowest BCUT2D eigenvalue weighted by Crippen LogP contribution is -2.58. The summed E-state index contributed by atoms with van der Waals surface area (Å²) in [6, 6.07) is 3.06. The van der Waals surface area contributed by atoms with Gasteiger partial charge in [0.2, 0.25) is 41.4 Å². The van der Waals surface area contributed by atoms with Gasteiger partial charge in [0.05, 0.1) is 6.54 Å². The van der Waals surface area contributed by atoms with Gasteiger partial charge in [0.25, 0.3) is 0 Å². The zero-order valence-electron chi connectivity index (χ0n) is 29.2. The number of nitrogens with one attached hydrogen (secondary N) is 7. The quantitative estimate of drug-likeness (QED) is 0.0492. The molecule has 17 nitrogen and oxygen atoms in total. The standard InChI is InChI=1S/C33H50N10O7/c1-6-27(45)43-32(50)26(15-21-16-37-23-11-8-7-10-22(21)23)42-30(48)24(12-9-13-36-33(34)35)41-31(49)25(14-18(2)3)40-28(46)17-38-29(47)19(4)39-20(5)44/h7-8,10-11,16,18-19,24-26,37H,6,9,12-15,17H2,1-5H3,(H,38,47)(H,39,44)(H,40,46)(H,41,49)(H,42,48)(H4,34,35,36)(H,43,45,50)/t19-,24-,25-,26-/m0/s1. The van der Waals surface area contributed by atoms with E-state index in [9.17, 15) is 33.6 Å². The third-order valence-corrected chi connectivity index (χ3v) is 7.49. The highest BCUT2D eigenvalue weighted by molar-refractivity contribution is 6.00. The number of guanidine groups is 1. The summed E-state index contributed by atoms with van der Waals surface area (Å²) < 4.78 is 0. The van der Waals surface area contributed by atoms with Crippen molar-refractivity contribution >= 4 is 58.2 Å². The van der Waals surface area contributed by atoms with E-state index in [1.165, 1.54) is 13.8 Å². The molecule has 7 amide bonds. The van der Waals surface area contributed by atoms with Gasteiger partial charge in [-0.2, -0.15) is 0 Å². The molecule has 1 aromatic carbocycles. The Morgan fingerprint density at radius 2 is 1.48 bits per heavy atom. The van der Waals surface area contributed by atoms with Crippen molar-refractivity contribution < 1.29 is 33.6 Å². The van der Waals surface area contributed by atoms with Crippen LogP contribution in [0.3, 0.4) is 0 Å². The summed E-state index contributed by atoms with van der Waals surface area (Å²) in [4.78, 5) is 96.1. The third-order valence-electron chi connectivity index (χ3n) is 7.49. The van der Waals surface area contributed by atoms with Gasteiger partial charge in [-0.1, -0.05) is 39.0 Å². The van der Waals surface area contributed by atoms with E-state index in [4.69, 9.17) is 11.5 Å². The summed E-state index contributed by atoms with van der Waals surface area (Å²) >= 11 is 0. The fraction of sp³-hybridized carbons (Fsp3) is 0.515. The Balaban J connectivity index is 2.28. The molecule has 0 saturated carbocycles. The van der Waals surface area contributed by atoms with Crippen LogP contribution in [0.25, 0.3) is 10.9 Å². The van der Waals surface area contributed by atoms with E-state index in [0.717, 1.165) is 16.5 Å². The van der Waals surface area contributed by atoms with Crippen LogP contribution in [0.2, 0.25) is 0 Å². The van der Waals surface area contributed by atoms with Gasteiger partial charge in [-0.15, -0.1) is 0 Å². The molecule has 11 N–H and O–H groups in total. The average molecular weight is 699 g/mol. The number of amides is 7. The number of nitrogens with two attached hydrogens (primary N) is 2. The van der Waals surface area contributed by atoms with E-state index >= 15 is 0 Å². The number of hydrogen-bond acceptors (Lipinski definition) is 8. The SMILES string of the molecule is CCC(=O)NC(=O)[C@H](Cc1c[nH]c2ccccc12)NC(=O)[C@H](CCCN=C(N)N)NC(=O)[C@H](CC(C)C)NC(=O)CNC(=O)[C@H](C)NC(C)=O. The van der Waals surface area contributed by atoms with Gasteiger partial charge in [0.15, 0.2) is 5.96 Å². The lowest BCUT2D eigenvalue weighted by Gasteiger charge is -2.26. The molecule has 0 bridgehead atoms. The molecule has 0 spiro atoms. The lowest BCUT2D eigenvalue weighted by molar-refractivity contribution is -0.135. The first-order valence-electron chi connectivity index (χ1n) is 16.5. The molecule has 1 aromatic heterocycles. The van der Waals surface area contributed by atoms with Crippen LogP contribution in [0.4, 0.5) is 0 Å². The first-order chi connectivity index (χ1) is 23.6. The smallest absolute Gasteiger partial charge is 0.249 e. The normalized spacial score (nSPS) is 13.2. The summed E-state index contributed by atoms with van der Waals surface area (Å²) in [5.74, 6) is -4.51. The Kier molecular flexibility index (Phi) is 16.4. The van der Waals surface area contributed by atoms with Crippen molar-refractivity contribution in [2.45, 2.75) is 90.9 Å². The first-order valence-corrected chi connectivity index (χ1v) is 16.5. The van der Waals surface area contributed by atoms with Crippen molar-refractivity contribution in [3.05, 3.63) is 36.0 Å². The molecule has 0 aliphatic carbocycles. The second kappa shape index (κ2) is 20.1. The molecule has 4 atom stereocenters. The Morgan fingerprint density at radius 1 is 0.820 bits per heavy atom. The van der Waals surface area contributed by atoms with E-state index in [1.807, 2.05) is 38.1 Å². The Bertz CT molecular complexity index is 1550. The maximum atomic E-state index is 13.8. The highest BCUT2D eigenvalue weighted by Crippen LogP contribution is 2.19. The summed E-state index contributed by atoms with van der Waals surface area (Å²) in [5.41, 5.74) is 12.4. The van der Waals surface area contributed by atoms with Crippen LogP contribution >= 0.6 is 0 Å². The second-order valence-corrected chi connectivity index (χ2v) is 12.3. The van der Waals surface area contributed by atoms with E-state index < -0.39 is 72.1 Å². The van der Waals surface area contributed by atoms with Crippen molar-refractivity contribution in [3.63, 3.8) is 0 Å². The number of H-pyrrole nitrogens is 1. The molecule has 0 aliphatic rings. The maximum absolute atomic E-state index is 13.8. The van der Waals surface area contributed by atoms with Gasteiger partial charge < -0.3 is 43.0 Å². The molecule has 2 aromatic rings. The van der Waals surface area contributed by atoms with Crippen LogP contribution in [-0.4, -0.2) is 89.6 Å². The number of rotatable bonds is 19. The fourth-order valence-corrected chi connectivity index (χ4v) is 5.00. The van der Waals surface area contributed by atoms with E-state index in [2.05, 4.69) is 41.9 Å². The monoisotopic (exact) mass is 698 g/mol. The van der Waals surface area contributed by atoms with Crippen molar-refractivity contribution in [1.29, 1.82) is 0 Å². The van der Waals surface area contributed by atoms with Crippen LogP contribution in [0.1, 0.15) is 65.9 Å². The zero-order chi connectivity index (χ0) is 37.4. The summed E-state index contributed by atoms with van der Waals surface area (Å²) in [6.07, 6.45) is 2.32. The minimum absolute atomic E-state index is 0.0333. The van der Waals surface area contributed by atoms with Gasteiger partial charge in [-0.3, -0.25) is 43.9 Å². The average Bonchev–Trinajstić information content (AvgIpc) is 3.45. The van der Waals surface area contributed by atoms with Crippen LogP contribution in [0.15, 0.2) is 35.5 Å². The van der Waals surface area contributed by atoms with Crippen molar-refractivity contribution in [2.24, 2.45) is 22.4 Å². The summed E-state index contributed by atoms with van der Waals surface area (Å²) in [7, 11) is 0. The fourth-order valence-electron chi connectivity index (χ4n) is 5.00. The predicted molar refractivity (Wildman–Crippen MR) is 187 cm³/mol. The minimum atomic E-state index is -1.19. The van der Waals surface area contributed by atoms with Crippen LogP contribution < -0.4 is 43.4 Å². The number of hydrogen-bond donors (Lipinski definition) is 9. The van der Waals surface area contributed by atoms with Crippen molar-refractivity contribution in [2.75, 3.05) is 13.1 Å². The minimum Gasteiger partial charge on any atom is -0.370 e. The van der Waals surface area contributed by atoms with Gasteiger partial charge in [-0.25, -0.2) is 0 Å².